The molecule has 1 aliphatic rings. The highest BCUT2D eigenvalue weighted by molar-refractivity contribution is 5.89. The van der Waals surface area contributed by atoms with E-state index >= 15 is 0 Å². The van der Waals surface area contributed by atoms with Crippen LogP contribution in [-0.2, 0) is 4.74 Å². The van der Waals surface area contributed by atoms with Crippen LogP contribution in [0.15, 0.2) is 60.7 Å². The van der Waals surface area contributed by atoms with Gasteiger partial charge in [-0.15, -0.1) is 0 Å². The van der Waals surface area contributed by atoms with Crippen LogP contribution in [0.25, 0.3) is 5.69 Å². The van der Waals surface area contributed by atoms with Gasteiger partial charge in [-0.25, -0.2) is 9.48 Å². The molecule has 4 rings (SSSR count). The maximum Gasteiger partial charge on any atom is 0.319 e. The maximum absolute atomic E-state index is 12.6. The van der Waals surface area contributed by atoms with Crippen LogP contribution in [-0.4, -0.2) is 28.5 Å². The Bertz CT molecular complexity index is 984. The van der Waals surface area contributed by atoms with E-state index in [1.807, 2.05) is 67.1 Å². The summed E-state index contributed by atoms with van der Waals surface area (Å²) in [5.74, 6) is 0. The minimum absolute atomic E-state index is 0.0182. The van der Waals surface area contributed by atoms with Crippen molar-refractivity contribution in [3.05, 3.63) is 77.6 Å². The van der Waals surface area contributed by atoms with E-state index in [1.54, 1.807) is 0 Å². The van der Waals surface area contributed by atoms with Gasteiger partial charge in [0.15, 0.2) is 0 Å². The van der Waals surface area contributed by atoms with Crippen molar-refractivity contribution < 1.29 is 9.53 Å². The monoisotopic (exact) mass is 390 g/mol. The van der Waals surface area contributed by atoms with Crippen molar-refractivity contribution in [2.24, 2.45) is 0 Å². The zero-order valence-electron chi connectivity index (χ0n) is 16.8. The van der Waals surface area contributed by atoms with Crippen molar-refractivity contribution in [1.82, 2.24) is 15.1 Å². The van der Waals surface area contributed by atoms with Crippen LogP contribution in [0.5, 0.6) is 0 Å². The van der Waals surface area contributed by atoms with E-state index in [2.05, 4.69) is 27.9 Å². The Morgan fingerprint density at radius 3 is 2.69 bits per heavy atom. The summed E-state index contributed by atoms with van der Waals surface area (Å²) in [4.78, 5) is 12.6. The van der Waals surface area contributed by atoms with Crippen LogP contribution in [0, 0.1) is 13.8 Å². The summed E-state index contributed by atoms with van der Waals surface area (Å²) < 4.78 is 7.77. The lowest BCUT2D eigenvalue weighted by Gasteiger charge is -2.30. The average Bonchev–Trinajstić information content (AvgIpc) is 3.07. The number of amides is 2. The van der Waals surface area contributed by atoms with Crippen LogP contribution in [0.3, 0.4) is 0 Å². The minimum atomic E-state index is -0.200. The first kappa shape index (κ1) is 19.2. The first-order valence-corrected chi connectivity index (χ1v) is 9.96. The van der Waals surface area contributed by atoms with Gasteiger partial charge in [0.1, 0.15) is 0 Å². The average molecular weight is 390 g/mol. The van der Waals surface area contributed by atoms with E-state index in [0.717, 1.165) is 41.2 Å². The van der Waals surface area contributed by atoms with Crippen molar-refractivity contribution in [2.45, 2.75) is 38.8 Å². The maximum atomic E-state index is 12.6. The molecule has 2 unspecified atom stereocenters. The number of anilines is 1. The lowest BCUT2D eigenvalue weighted by Crippen LogP contribution is -2.42. The van der Waals surface area contributed by atoms with E-state index in [4.69, 9.17) is 4.74 Å². The molecule has 2 atom stereocenters. The Kier molecular flexibility index (Phi) is 5.62. The molecule has 0 aliphatic carbocycles. The van der Waals surface area contributed by atoms with Gasteiger partial charge in [-0.2, -0.15) is 5.10 Å². The number of urea groups is 1. The van der Waals surface area contributed by atoms with Crippen LogP contribution in [0.4, 0.5) is 10.5 Å². The molecule has 6 heteroatoms. The number of ether oxygens (including phenoxy) is 1. The molecular formula is C23H26N4O2. The zero-order valence-corrected chi connectivity index (χ0v) is 16.8. The van der Waals surface area contributed by atoms with Gasteiger partial charge < -0.3 is 15.4 Å². The number of nitrogens with one attached hydrogen (secondary N) is 2. The number of aromatic nitrogens is 2. The molecule has 6 nitrogen and oxygen atoms in total. The number of rotatable bonds is 4. The van der Waals surface area contributed by atoms with E-state index < -0.39 is 0 Å². The second kappa shape index (κ2) is 8.49. The number of aryl methyl sites for hydroxylation is 2. The lowest BCUT2D eigenvalue weighted by molar-refractivity contribution is 0.00254. The second-order valence-electron chi connectivity index (χ2n) is 7.48. The Labute approximate surface area is 170 Å². The number of benzene rings is 2. The zero-order chi connectivity index (χ0) is 20.2. The van der Waals surface area contributed by atoms with Crippen molar-refractivity contribution >= 4 is 11.7 Å². The molecule has 0 bridgehead atoms. The van der Waals surface area contributed by atoms with Crippen molar-refractivity contribution in [1.29, 1.82) is 0 Å². The van der Waals surface area contributed by atoms with Gasteiger partial charge in [-0.3, -0.25) is 0 Å². The fraction of sp³-hybridized carbons (Fsp3) is 0.304. The first-order valence-electron chi connectivity index (χ1n) is 9.96. The third-order valence-corrected chi connectivity index (χ3v) is 5.15. The Balaban J connectivity index is 1.38. The summed E-state index contributed by atoms with van der Waals surface area (Å²) in [5, 5.41) is 10.5. The molecule has 2 N–H and O–H groups in total. The van der Waals surface area contributed by atoms with Gasteiger partial charge in [0.25, 0.3) is 0 Å². The number of hydrogen-bond donors (Lipinski definition) is 2. The smallest absolute Gasteiger partial charge is 0.319 e. The van der Waals surface area contributed by atoms with Crippen LogP contribution < -0.4 is 10.6 Å². The van der Waals surface area contributed by atoms with Crippen molar-refractivity contribution in [3.63, 3.8) is 0 Å². The van der Waals surface area contributed by atoms with Gasteiger partial charge in [-0.1, -0.05) is 36.4 Å². The third kappa shape index (κ3) is 4.66. The molecule has 1 aliphatic heterocycles. The van der Waals surface area contributed by atoms with Crippen molar-refractivity contribution in [3.8, 4) is 5.69 Å². The van der Waals surface area contributed by atoms with Crippen LogP contribution in [0.1, 0.15) is 35.9 Å². The quantitative estimate of drug-likeness (QED) is 0.688. The highest BCUT2D eigenvalue weighted by Gasteiger charge is 2.25. The van der Waals surface area contributed by atoms with Crippen LogP contribution >= 0.6 is 0 Å². The summed E-state index contributed by atoms with van der Waals surface area (Å²) in [6.45, 7) is 4.62. The fourth-order valence-electron chi connectivity index (χ4n) is 3.79. The predicted octanol–water partition coefficient (Wildman–Crippen LogP) is 4.53. The summed E-state index contributed by atoms with van der Waals surface area (Å²) >= 11 is 0. The molecule has 1 saturated heterocycles. The Morgan fingerprint density at radius 1 is 1.10 bits per heavy atom. The summed E-state index contributed by atoms with van der Waals surface area (Å²) in [5.41, 5.74) is 4.82. The molecule has 0 spiro atoms. The molecule has 2 heterocycles. The number of carbonyl (C=O) groups excluding carboxylic acids is 1. The normalized spacial score (nSPS) is 19.0. The predicted molar refractivity (Wildman–Crippen MR) is 113 cm³/mol. The van der Waals surface area contributed by atoms with Crippen LogP contribution in [0.2, 0.25) is 0 Å². The van der Waals surface area contributed by atoms with E-state index in [0.29, 0.717) is 6.61 Å². The molecule has 3 aromatic rings. The fourth-order valence-corrected chi connectivity index (χ4v) is 3.79. The largest absolute Gasteiger partial charge is 0.373 e. The number of nitrogens with zero attached hydrogens (tertiary/aromatic N) is 2. The number of hydrogen-bond acceptors (Lipinski definition) is 3. The highest BCUT2D eigenvalue weighted by Crippen LogP contribution is 2.28. The Morgan fingerprint density at radius 2 is 1.93 bits per heavy atom. The Hall–Kier alpha value is -3.12. The second-order valence-corrected chi connectivity index (χ2v) is 7.48. The molecule has 2 aromatic carbocycles. The molecule has 0 radical (unpaired) electrons. The molecule has 0 saturated carbocycles. The molecular weight excluding hydrogens is 364 g/mol. The van der Waals surface area contributed by atoms with Gasteiger partial charge in [0.2, 0.25) is 0 Å². The first-order chi connectivity index (χ1) is 14.1. The molecule has 2 amide bonds. The minimum Gasteiger partial charge on any atom is -0.373 e. The van der Waals surface area contributed by atoms with E-state index in [1.165, 1.54) is 0 Å². The van der Waals surface area contributed by atoms with E-state index in [-0.39, 0.29) is 18.2 Å². The third-order valence-electron chi connectivity index (χ3n) is 5.15. The summed E-state index contributed by atoms with van der Waals surface area (Å²) in [6, 6.07) is 19.8. The standard InChI is InChI=1S/C23H26N4O2/c1-16-13-17(2)27(26-16)21-10-6-9-19(14-21)24-23(28)25-20-11-12-29-22(15-20)18-7-4-3-5-8-18/h3-10,13-14,20,22H,11-12,15H2,1-2H3,(H2,24,25,28). The molecule has 29 heavy (non-hydrogen) atoms. The van der Waals surface area contributed by atoms with Gasteiger partial charge >= 0.3 is 6.03 Å². The SMILES string of the molecule is Cc1cc(C)n(-c2cccc(NC(=O)NC3CCOC(c4ccccc4)C3)c2)n1. The van der Waals surface area contributed by atoms with Crippen molar-refractivity contribution in [2.75, 3.05) is 11.9 Å². The highest BCUT2D eigenvalue weighted by atomic mass is 16.5. The molecule has 1 aromatic heterocycles. The molecule has 1 fully saturated rings. The molecule has 150 valence electrons. The summed E-state index contributed by atoms with van der Waals surface area (Å²) in [7, 11) is 0. The lowest BCUT2D eigenvalue weighted by atomic mass is 9.97. The number of carbonyl (C=O) groups is 1. The van der Waals surface area contributed by atoms with Gasteiger partial charge in [-0.05, 0) is 56.5 Å². The van der Waals surface area contributed by atoms with Gasteiger partial charge in [0.05, 0.1) is 17.5 Å². The van der Waals surface area contributed by atoms with E-state index in [9.17, 15) is 4.79 Å². The topological polar surface area (TPSA) is 68.2 Å². The van der Waals surface area contributed by atoms with Gasteiger partial charge in [0, 0.05) is 24.0 Å². The summed E-state index contributed by atoms with van der Waals surface area (Å²) in [6.07, 6.45) is 1.59.